The monoisotopic (exact) mass is 331 g/mol. The van der Waals surface area contributed by atoms with E-state index in [4.69, 9.17) is 4.74 Å². The molecule has 1 aromatic heterocycles. The maximum atomic E-state index is 12.3. The van der Waals surface area contributed by atoms with E-state index in [1.54, 1.807) is 0 Å². The predicted molar refractivity (Wildman–Crippen MR) is 75.0 cm³/mol. The number of nitrogens with zero attached hydrogens (tertiary/aromatic N) is 4. The lowest BCUT2D eigenvalue weighted by Crippen LogP contribution is -2.49. The molecule has 1 unspecified atom stereocenters. The summed E-state index contributed by atoms with van der Waals surface area (Å²) in [6, 6.07) is -0.515. The summed E-state index contributed by atoms with van der Waals surface area (Å²) in [5, 5.41) is 7.00. The molecule has 2 amide bonds. The van der Waals surface area contributed by atoms with Crippen LogP contribution in [0.1, 0.15) is 6.42 Å². The summed E-state index contributed by atoms with van der Waals surface area (Å²) in [7, 11) is -1.70. The maximum Gasteiger partial charge on any atom is 0.328 e. The molecule has 0 aliphatic carbocycles. The van der Waals surface area contributed by atoms with E-state index < -0.39 is 27.7 Å². The van der Waals surface area contributed by atoms with Gasteiger partial charge in [0.05, 0.1) is 18.1 Å². The zero-order valence-corrected chi connectivity index (χ0v) is 12.8. The van der Waals surface area contributed by atoms with Crippen molar-refractivity contribution >= 4 is 21.7 Å². The van der Waals surface area contributed by atoms with Crippen LogP contribution in [0.25, 0.3) is 0 Å². The number of nitrogens with one attached hydrogen (secondary N) is 1. The van der Waals surface area contributed by atoms with Crippen molar-refractivity contribution in [1.82, 2.24) is 19.8 Å². The van der Waals surface area contributed by atoms with Gasteiger partial charge in [-0.15, -0.1) is 10.2 Å². The molecule has 0 radical (unpaired) electrons. The third kappa shape index (κ3) is 4.01. The molecule has 1 fully saturated rings. The fourth-order valence-corrected chi connectivity index (χ4v) is 3.95. The zero-order chi connectivity index (χ0) is 16.2. The van der Waals surface area contributed by atoms with Crippen LogP contribution in [-0.2, 0) is 24.2 Å². The fourth-order valence-electron chi connectivity index (χ4n) is 2.21. The summed E-state index contributed by atoms with van der Waals surface area (Å²) in [6.07, 6.45) is 2.77. The van der Waals surface area contributed by atoms with Crippen LogP contribution in [0.15, 0.2) is 12.7 Å². The van der Waals surface area contributed by atoms with Crippen LogP contribution in [0.3, 0.4) is 0 Å². The van der Waals surface area contributed by atoms with Crippen LogP contribution in [0.5, 0.6) is 0 Å². The van der Waals surface area contributed by atoms with Crippen LogP contribution in [0.4, 0.5) is 0 Å². The normalized spacial score (nSPS) is 19.8. The molecule has 2 heterocycles. The first-order chi connectivity index (χ1) is 10.4. The number of ether oxygens (including phenoxy) is 1. The lowest BCUT2D eigenvalue weighted by molar-refractivity contribution is -0.145. The molecule has 1 aliphatic heterocycles. The summed E-state index contributed by atoms with van der Waals surface area (Å²) in [6.45, 7) is 0.354. The summed E-state index contributed by atoms with van der Waals surface area (Å²) < 4.78 is 29.2. The highest BCUT2D eigenvalue weighted by molar-refractivity contribution is 7.91. The van der Waals surface area contributed by atoms with E-state index in [9.17, 15) is 18.0 Å². The van der Waals surface area contributed by atoms with Crippen molar-refractivity contribution in [3.05, 3.63) is 12.7 Å². The van der Waals surface area contributed by atoms with Crippen molar-refractivity contribution in [3.8, 4) is 0 Å². The topological polar surface area (TPSA) is 123 Å². The second-order valence-electron chi connectivity index (χ2n) is 4.86. The minimum atomic E-state index is -3.17. The number of aromatic nitrogens is 3. The van der Waals surface area contributed by atoms with Gasteiger partial charge in [0.25, 0.3) is 0 Å². The number of carbonyl (C=O) groups is 2. The van der Waals surface area contributed by atoms with Gasteiger partial charge in [0.2, 0.25) is 0 Å². The Balaban J connectivity index is 2.07. The second-order valence-corrected chi connectivity index (χ2v) is 7.09. The summed E-state index contributed by atoms with van der Waals surface area (Å²) in [5.74, 6) is -1.82. The highest BCUT2D eigenvalue weighted by Gasteiger charge is 2.36. The zero-order valence-electron chi connectivity index (χ0n) is 12.0. The van der Waals surface area contributed by atoms with Gasteiger partial charge in [-0.05, 0) is 6.42 Å². The SMILES string of the molecule is COCCN(C(=O)C(=O)Nn1cnnc1)C1CCS(=O)(=O)C1. The highest BCUT2D eigenvalue weighted by atomic mass is 32.2. The van der Waals surface area contributed by atoms with Crippen molar-refractivity contribution < 1.29 is 22.7 Å². The van der Waals surface area contributed by atoms with Crippen molar-refractivity contribution in [2.75, 3.05) is 37.2 Å². The van der Waals surface area contributed by atoms with Crippen LogP contribution in [0.2, 0.25) is 0 Å². The Morgan fingerprint density at radius 1 is 1.41 bits per heavy atom. The van der Waals surface area contributed by atoms with E-state index in [2.05, 4.69) is 15.6 Å². The van der Waals surface area contributed by atoms with Gasteiger partial charge in [0, 0.05) is 19.7 Å². The van der Waals surface area contributed by atoms with Gasteiger partial charge >= 0.3 is 11.8 Å². The Morgan fingerprint density at radius 3 is 2.64 bits per heavy atom. The minimum absolute atomic E-state index is 0.0154. The number of sulfone groups is 1. The van der Waals surface area contributed by atoms with Crippen molar-refractivity contribution in [1.29, 1.82) is 0 Å². The Labute approximate surface area is 127 Å². The number of rotatable bonds is 5. The maximum absolute atomic E-state index is 12.3. The van der Waals surface area contributed by atoms with E-state index in [0.29, 0.717) is 6.42 Å². The Morgan fingerprint density at radius 2 is 2.09 bits per heavy atom. The molecule has 2 rings (SSSR count). The van der Waals surface area contributed by atoms with E-state index in [1.807, 2.05) is 0 Å². The molecule has 1 aromatic rings. The van der Waals surface area contributed by atoms with Gasteiger partial charge in [0.1, 0.15) is 12.7 Å². The standard InChI is InChI=1S/C11H17N5O5S/c1-21-4-3-16(9-2-5-22(19,20)6-9)11(18)10(17)14-15-7-12-13-8-15/h7-9H,2-6H2,1H3,(H,14,17). The number of hydrogen-bond donors (Lipinski definition) is 1. The van der Waals surface area contributed by atoms with Crippen LogP contribution in [-0.4, -0.2) is 77.8 Å². The Kier molecular flexibility index (Phi) is 5.08. The first-order valence-electron chi connectivity index (χ1n) is 6.59. The average Bonchev–Trinajstić information content (AvgIpc) is 3.08. The van der Waals surface area contributed by atoms with E-state index in [0.717, 1.165) is 4.68 Å². The largest absolute Gasteiger partial charge is 0.383 e. The minimum Gasteiger partial charge on any atom is -0.383 e. The van der Waals surface area contributed by atoms with Crippen LogP contribution in [0, 0.1) is 0 Å². The average molecular weight is 331 g/mol. The smallest absolute Gasteiger partial charge is 0.328 e. The molecule has 1 N–H and O–H groups in total. The van der Waals surface area contributed by atoms with E-state index in [-0.39, 0.29) is 24.7 Å². The van der Waals surface area contributed by atoms with Gasteiger partial charge in [-0.3, -0.25) is 15.0 Å². The van der Waals surface area contributed by atoms with Gasteiger partial charge in [0.15, 0.2) is 9.84 Å². The molecular formula is C11H17N5O5S. The molecular weight excluding hydrogens is 314 g/mol. The molecule has 0 bridgehead atoms. The lowest BCUT2D eigenvalue weighted by atomic mass is 10.2. The van der Waals surface area contributed by atoms with Gasteiger partial charge < -0.3 is 9.64 Å². The van der Waals surface area contributed by atoms with E-state index >= 15 is 0 Å². The molecule has 1 aliphatic rings. The number of carbonyl (C=O) groups excluding carboxylic acids is 2. The molecule has 11 heteroatoms. The summed E-state index contributed by atoms with van der Waals surface area (Å²) in [5.41, 5.74) is 2.29. The second kappa shape index (κ2) is 6.83. The molecule has 22 heavy (non-hydrogen) atoms. The molecule has 0 spiro atoms. The molecule has 1 atom stereocenters. The van der Waals surface area contributed by atoms with E-state index in [1.165, 1.54) is 24.7 Å². The number of hydrogen-bond acceptors (Lipinski definition) is 7. The summed E-state index contributed by atoms with van der Waals surface area (Å²) in [4.78, 5) is 25.5. The predicted octanol–water partition coefficient (Wildman–Crippen LogP) is -1.99. The van der Waals surface area contributed by atoms with Gasteiger partial charge in [-0.1, -0.05) is 0 Å². The van der Waals surface area contributed by atoms with Gasteiger partial charge in [-0.25, -0.2) is 13.1 Å². The third-order valence-electron chi connectivity index (χ3n) is 3.29. The molecule has 0 aromatic carbocycles. The molecule has 0 saturated carbocycles. The van der Waals surface area contributed by atoms with Crippen molar-refractivity contribution in [2.45, 2.75) is 12.5 Å². The van der Waals surface area contributed by atoms with Crippen molar-refractivity contribution in [2.24, 2.45) is 0 Å². The number of amides is 2. The molecule has 122 valence electrons. The summed E-state index contributed by atoms with van der Waals surface area (Å²) >= 11 is 0. The van der Waals surface area contributed by atoms with Crippen LogP contribution >= 0.6 is 0 Å². The molecule has 1 saturated heterocycles. The number of methoxy groups -OCH3 is 1. The van der Waals surface area contributed by atoms with Crippen molar-refractivity contribution in [3.63, 3.8) is 0 Å². The molecule has 10 nitrogen and oxygen atoms in total. The Bertz CT molecular complexity index is 629. The first kappa shape index (κ1) is 16.4. The highest BCUT2D eigenvalue weighted by Crippen LogP contribution is 2.18. The lowest BCUT2D eigenvalue weighted by Gasteiger charge is -2.27. The fraction of sp³-hybridized carbons (Fsp3) is 0.636. The first-order valence-corrected chi connectivity index (χ1v) is 8.41. The third-order valence-corrected chi connectivity index (χ3v) is 5.04. The Hall–Kier alpha value is -2.01. The van der Waals surface area contributed by atoms with Gasteiger partial charge in [-0.2, -0.15) is 0 Å². The van der Waals surface area contributed by atoms with Crippen LogP contribution < -0.4 is 5.43 Å². The quantitative estimate of drug-likeness (QED) is 0.619.